The van der Waals surface area contributed by atoms with Gasteiger partial charge in [0.25, 0.3) is 0 Å². The van der Waals surface area contributed by atoms with Crippen molar-refractivity contribution in [1.29, 1.82) is 0 Å². The second-order valence-electron chi connectivity index (χ2n) is 4.99. The fourth-order valence-corrected chi connectivity index (χ4v) is 3.61. The van der Waals surface area contributed by atoms with Crippen molar-refractivity contribution in [3.8, 4) is 5.75 Å². The van der Waals surface area contributed by atoms with E-state index in [4.69, 9.17) is 22.1 Å². The van der Waals surface area contributed by atoms with Crippen molar-refractivity contribution in [3.05, 3.63) is 61.5 Å². The first kappa shape index (κ1) is 16.8. The van der Waals surface area contributed by atoms with Gasteiger partial charge in [-0.25, -0.2) is 0 Å². The Morgan fingerprint density at radius 3 is 2.19 bits per heavy atom. The lowest BCUT2D eigenvalue weighted by Gasteiger charge is -2.13. The highest BCUT2D eigenvalue weighted by Crippen LogP contribution is 2.35. The Morgan fingerprint density at radius 2 is 1.67 bits per heavy atom. The van der Waals surface area contributed by atoms with Gasteiger partial charge in [-0.15, -0.1) is 0 Å². The van der Waals surface area contributed by atoms with E-state index in [2.05, 4.69) is 31.9 Å². The first-order chi connectivity index (χ1) is 9.95. The van der Waals surface area contributed by atoms with E-state index in [1.165, 1.54) is 5.56 Å². The molecule has 2 nitrogen and oxygen atoms in total. The van der Waals surface area contributed by atoms with Crippen molar-refractivity contribution >= 4 is 43.5 Å². The van der Waals surface area contributed by atoms with E-state index in [9.17, 15) is 0 Å². The number of halogens is 3. The molecular formula is C16H16Br2ClNO. The van der Waals surface area contributed by atoms with Crippen LogP contribution in [-0.4, -0.2) is 6.04 Å². The van der Waals surface area contributed by atoms with Crippen molar-refractivity contribution < 1.29 is 4.74 Å². The highest BCUT2D eigenvalue weighted by molar-refractivity contribution is 9.11. The topological polar surface area (TPSA) is 35.2 Å². The Bertz CT molecular complexity index is 591. The SMILES string of the molecule is CC(N)Cc1cc(Br)c(OCc2ccc(Cl)cc2)c(Br)c1. The molecular weight excluding hydrogens is 417 g/mol. The molecule has 0 saturated carbocycles. The molecule has 0 radical (unpaired) electrons. The zero-order chi connectivity index (χ0) is 15.4. The number of nitrogens with two attached hydrogens (primary N) is 1. The maximum absolute atomic E-state index is 5.89. The quantitative estimate of drug-likeness (QED) is 0.691. The van der Waals surface area contributed by atoms with Crippen molar-refractivity contribution in [1.82, 2.24) is 0 Å². The standard InChI is InChI=1S/C16H16Br2ClNO/c1-10(20)6-12-7-14(17)16(15(18)8-12)21-9-11-2-4-13(19)5-3-11/h2-5,7-8,10H,6,9,20H2,1H3. The van der Waals surface area contributed by atoms with Crippen LogP contribution in [0.2, 0.25) is 5.02 Å². The summed E-state index contributed by atoms with van der Waals surface area (Å²) < 4.78 is 7.72. The monoisotopic (exact) mass is 431 g/mol. The molecule has 2 N–H and O–H groups in total. The van der Waals surface area contributed by atoms with Crippen LogP contribution >= 0.6 is 43.5 Å². The first-order valence-corrected chi connectivity index (χ1v) is 8.53. The van der Waals surface area contributed by atoms with Crippen LogP contribution in [0, 0.1) is 0 Å². The number of benzene rings is 2. The Morgan fingerprint density at radius 1 is 1.10 bits per heavy atom. The average Bonchev–Trinajstić information content (AvgIpc) is 2.39. The first-order valence-electron chi connectivity index (χ1n) is 6.56. The van der Waals surface area contributed by atoms with Gasteiger partial charge in [0, 0.05) is 11.1 Å². The zero-order valence-corrected chi connectivity index (χ0v) is 15.5. The third kappa shape index (κ3) is 4.99. The summed E-state index contributed by atoms with van der Waals surface area (Å²) in [5.74, 6) is 0.790. The van der Waals surface area contributed by atoms with E-state index in [0.29, 0.717) is 6.61 Å². The Labute approximate surface area is 146 Å². The minimum absolute atomic E-state index is 0.129. The van der Waals surface area contributed by atoms with Crippen LogP contribution in [-0.2, 0) is 13.0 Å². The average molecular weight is 434 g/mol. The molecule has 112 valence electrons. The molecule has 1 unspecified atom stereocenters. The molecule has 0 fully saturated rings. The summed E-state index contributed by atoms with van der Waals surface area (Å²) in [5, 5.41) is 0.723. The number of rotatable bonds is 5. The molecule has 0 amide bonds. The predicted molar refractivity (Wildman–Crippen MR) is 95.0 cm³/mol. The predicted octanol–water partition coefficient (Wildman–Crippen LogP) is 5.33. The van der Waals surface area contributed by atoms with E-state index in [1.54, 1.807) is 0 Å². The smallest absolute Gasteiger partial charge is 0.148 e. The summed E-state index contributed by atoms with van der Waals surface area (Å²) >= 11 is 13.0. The highest BCUT2D eigenvalue weighted by atomic mass is 79.9. The van der Waals surface area contributed by atoms with Gasteiger partial charge in [0.1, 0.15) is 12.4 Å². The molecule has 5 heteroatoms. The van der Waals surface area contributed by atoms with Crippen LogP contribution in [0.15, 0.2) is 45.3 Å². The molecule has 2 aromatic rings. The summed E-state index contributed by atoms with van der Waals surface area (Å²) in [6.45, 7) is 2.48. The van der Waals surface area contributed by atoms with Gasteiger partial charge >= 0.3 is 0 Å². The summed E-state index contributed by atoms with van der Waals surface area (Å²) in [6, 6.07) is 11.8. The highest BCUT2D eigenvalue weighted by Gasteiger charge is 2.10. The molecule has 2 rings (SSSR count). The molecule has 0 aliphatic rings. The third-order valence-electron chi connectivity index (χ3n) is 2.91. The number of ether oxygens (including phenoxy) is 1. The zero-order valence-electron chi connectivity index (χ0n) is 11.6. The molecule has 0 spiro atoms. The summed E-state index contributed by atoms with van der Waals surface area (Å²) in [5.41, 5.74) is 8.07. The fourth-order valence-electron chi connectivity index (χ4n) is 1.98. The molecule has 2 aromatic carbocycles. The molecule has 1 atom stereocenters. The lowest BCUT2D eigenvalue weighted by atomic mass is 10.1. The normalized spacial score (nSPS) is 12.2. The maximum atomic E-state index is 5.89. The van der Waals surface area contributed by atoms with Gasteiger partial charge in [-0.3, -0.25) is 0 Å². The molecule has 21 heavy (non-hydrogen) atoms. The largest absolute Gasteiger partial charge is 0.487 e. The molecule has 0 bridgehead atoms. The number of hydrogen-bond acceptors (Lipinski definition) is 2. The Hall–Kier alpha value is -0.550. The minimum atomic E-state index is 0.129. The van der Waals surface area contributed by atoms with Gasteiger partial charge in [-0.05, 0) is 80.6 Å². The van der Waals surface area contributed by atoms with Crippen LogP contribution in [0.5, 0.6) is 5.75 Å². The summed E-state index contributed by atoms with van der Waals surface area (Å²) in [4.78, 5) is 0. The second kappa shape index (κ2) is 7.63. The van der Waals surface area contributed by atoms with Gasteiger partial charge in [-0.1, -0.05) is 23.7 Å². The molecule has 0 saturated heterocycles. The molecule has 0 aliphatic heterocycles. The Kier molecular flexibility index (Phi) is 6.11. The van der Waals surface area contributed by atoms with Gasteiger partial charge in [-0.2, -0.15) is 0 Å². The lowest BCUT2D eigenvalue weighted by molar-refractivity contribution is 0.302. The van der Waals surface area contributed by atoms with Crippen molar-refractivity contribution in [2.24, 2.45) is 5.73 Å². The van der Waals surface area contributed by atoms with E-state index in [0.717, 1.165) is 31.7 Å². The summed E-state index contributed by atoms with van der Waals surface area (Å²) in [6.07, 6.45) is 0.828. The van der Waals surface area contributed by atoms with E-state index in [-0.39, 0.29) is 6.04 Å². The number of hydrogen-bond donors (Lipinski definition) is 1. The van der Waals surface area contributed by atoms with Crippen LogP contribution in [0.4, 0.5) is 0 Å². The fraction of sp³-hybridized carbons (Fsp3) is 0.250. The second-order valence-corrected chi connectivity index (χ2v) is 7.13. The maximum Gasteiger partial charge on any atom is 0.148 e. The van der Waals surface area contributed by atoms with Crippen molar-refractivity contribution in [2.45, 2.75) is 26.0 Å². The van der Waals surface area contributed by atoms with E-state index >= 15 is 0 Å². The molecule has 0 heterocycles. The van der Waals surface area contributed by atoms with Gasteiger partial charge in [0.2, 0.25) is 0 Å². The third-order valence-corrected chi connectivity index (χ3v) is 4.34. The van der Waals surface area contributed by atoms with Gasteiger partial charge < -0.3 is 10.5 Å². The van der Waals surface area contributed by atoms with Gasteiger partial charge in [0.15, 0.2) is 0 Å². The summed E-state index contributed by atoms with van der Waals surface area (Å²) in [7, 11) is 0. The van der Waals surface area contributed by atoms with Crippen LogP contribution in [0.25, 0.3) is 0 Å². The lowest BCUT2D eigenvalue weighted by Crippen LogP contribution is -2.17. The molecule has 0 aliphatic carbocycles. The van der Waals surface area contributed by atoms with Gasteiger partial charge in [0.05, 0.1) is 8.95 Å². The van der Waals surface area contributed by atoms with Crippen molar-refractivity contribution in [3.63, 3.8) is 0 Å². The molecule has 0 aromatic heterocycles. The minimum Gasteiger partial charge on any atom is -0.487 e. The Balaban J connectivity index is 2.11. The van der Waals surface area contributed by atoms with Crippen LogP contribution < -0.4 is 10.5 Å². The van der Waals surface area contributed by atoms with Crippen LogP contribution in [0.3, 0.4) is 0 Å². The van der Waals surface area contributed by atoms with E-state index < -0.39 is 0 Å². The van der Waals surface area contributed by atoms with Crippen LogP contribution in [0.1, 0.15) is 18.1 Å². The van der Waals surface area contributed by atoms with Crippen molar-refractivity contribution in [2.75, 3.05) is 0 Å². The van der Waals surface area contributed by atoms with E-state index in [1.807, 2.05) is 43.3 Å².